The van der Waals surface area contributed by atoms with Gasteiger partial charge < -0.3 is 0 Å². The molecule has 0 unspecified atom stereocenters. The maximum absolute atomic E-state index is 12.7. The smallest absolute Gasteiger partial charge is 0.296 e. The minimum absolute atomic E-state index is 0.0457. The standard InChI is InChI=1S/C17H22N2O3S2/c1-10(2)19-15-6-5-13(9-16(15)23-17(19)20)24(21,22)18-14-8-11-3-4-12(14)7-11/h5-6,9-12,14,18H,3-4,7-8H2,1-2H3/t11-,12-,14+/m1/s1. The Balaban J connectivity index is 1.67. The van der Waals surface area contributed by atoms with Crippen LogP contribution in [0, 0.1) is 11.8 Å². The van der Waals surface area contributed by atoms with Crippen molar-refractivity contribution < 1.29 is 8.42 Å². The summed E-state index contributed by atoms with van der Waals surface area (Å²) < 4.78 is 30.8. The van der Waals surface area contributed by atoms with Crippen molar-refractivity contribution >= 4 is 31.6 Å². The number of benzene rings is 1. The van der Waals surface area contributed by atoms with Crippen LogP contribution in [-0.2, 0) is 10.0 Å². The molecule has 130 valence electrons. The maximum atomic E-state index is 12.7. The first-order chi connectivity index (χ1) is 11.3. The fourth-order valence-electron chi connectivity index (χ4n) is 4.33. The summed E-state index contributed by atoms with van der Waals surface area (Å²) in [6.45, 7) is 3.91. The highest BCUT2D eigenvalue weighted by molar-refractivity contribution is 7.89. The molecule has 2 aliphatic rings. The lowest BCUT2D eigenvalue weighted by Crippen LogP contribution is -2.38. The monoisotopic (exact) mass is 366 g/mol. The molecular formula is C17H22N2O3S2. The Kier molecular flexibility index (Phi) is 3.85. The summed E-state index contributed by atoms with van der Waals surface area (Å²) in [4.78, 5) is 12.3. The first-order valence-electron chi connectivity index (χ1n) is 8.52. The van der Waals surface area contributed by atoms with E-state index in [1.807, 2.05) is 13.8 Å². The van der Waals surface area contributed by atoms with E-state index in [0.717, 1.165) is 40.8 Å². The van der Waals surface area contributed by atoms with Crippen LogP contribution in [-0.4, -0.2) is 19.0 Å². The van der Waals surface area contributed by atoms with E-state index >= 15 is 0 Å². The Morgan fingerprint density at radius 1 is 1.25 bits per heavy atom. The molecule has 1 heterocycles. The SMILES string of the molecule is CC(C)n1c(=O)sc2cc(S(=O)(=O)N[C@H]3C[C@@H]4CC[C@@H]3C4)ccc21. The molecule has 0 saturated heterocycles. The number of nitrogens with zero attached hydrogens (tertiary/aromatic N) is 1. The van der Waals surface area contributed by atoms with E-state index in [-0.39, 0.29) is 21.9 Å². The van der Waals surface area contributed by atoms with Gasteiger partial charge in [0.05, 0.1) is 15.1 Å². The van der Waals surface area contributed by atoms with Gasteiger partial charge in [-0.05, 0) is 63.1 Å². The van der Waals surface area contributed by atoms with Crippen molar-refractivity contribution in [1.82, 2.24) is 9.29 Å². The summed E-state index contributed by atoms with van der Waals surface area (Å²) in [5, 5.41) is 0. The van der Waals surface area contributed by atoms with Gasteiger partial charge in [0.1, 0.15) is 0 Å². The van der Waals surface area contributed by atoms with Crippen molar-refractivity contribution in [2.45, 2.75) is 56.5 Å². The highest BCUT2D eigenvalue weighted by Crippen LogP contribution is 2.44. The van der Waals surface area contributed by atoms with Crippen LogP contribution in [0.25, 0.3) is 10.2 Å². The van der Waals surface area contributed by atoms with Gasteiger partial charge in [-0.1, -0.05) is 17.8 Å². The van der Waals surface area contributed by atoms with Crippen LogP contribution in [0.15, 0.2) is 27.9 Å². The molecule has 3 atom stereocenters. The number of nitrogens with one attached hydrogen (secondary N) is 1. The zero-order valence-electron chi connectivity index (χ0n) is 13.9. The van der Waals surface area contributed by atoms with Crippen molar-refractivity contribution in [3.05, 3.63) is 27.9 Å². The Labute approximate surface area is 145 Å². The van der Waals surface area contributed by atoms with E-state index in [1.54, 1.807) is 22.8 Å². The Hall–Kier alpha value is -1.18. The van der Waals surface area contributed by atoms with Crippen molar-refractivity contribution in [3.8, 4) is 0 Å². The molecule has 1 N–H and O–H groups in total. The second-order valence-electron chi connectivity index (χ2n) is 7.36. The van der Waals surface area contributed by atoms with Crippen molar-refractivity contribution in [2.24, 2.45) is 11.8 Å². The number of sulfonamides is 1. The van der Waals surface area contributed by atoms with Gasteiger partial charge in [0.25, 0.3) is 0 Å². The third kappa shape index (κ3) is 2.62. The van der Waals surface area contributed by atoms with Crippen molar-refractivity contribution in [1.29, 1.82) is 0 Å². The molecule has 2 saturated carbocycles. The lowest BCUT2D eigenvalue weighted by atomic mass is 9.96. The van der Waals surface area contributed by atoms with Crippen molar-refractivity contribution in [2.75, 3.05) is 0 Å². The molecule has 2 fully saturated rings. The van der Waals surface area contributed by atoms with Gasteiger partial charge in [-0.2, -0.15) is 0 Å². The third-order valence-electron chi connectivity index (χ3n) is 5.46. The lowest BCUT2D eigenvalue weighted by molar-refractivity contribution is 0.390. The quantitative estimate of drug-likeness (QED) is 0.904. The Morgan fingerprint density at radius 2 is 2.04 bits per heavy atom. The van der Waals surface area contributed by atoms with E-state index in [0.29, 0.717) is 11.8 Å². The summed E-state index contributed by atoms with van der Waals surface area (Å²) >= 11 is 1.11. The molecule has 4 rings (SSSR count). The summed E-state index contributed by atoms with van der Waals surface area (Å²) in [5.74, 6) is 1.18. The highest BCUT2D eigenvalue weighted by atomic mass is 32.2. The number of rotatable bonds is 4. The number of fused-ring (bicyclic) bond motifs is 3. The normalized spacial score (nSPS) is 26.7. The van der Waals surface area contributed by atoms with Gasteiger partial charge in [-0.3, -0.25) is 9.36 Å². The molecular weight excluding hydrogens is 344 g/mol. The lowest BCUT2D eigenvalue weighted by Gasteiger charge is -2.22. The Morgan fingerprint density at radius 3 is 2.67 bits per heavy atom. The molecule has 2 aliphatic carbocycles. The highest BCUT2D eigenvalue weighted by Gasteiger charge is 2.41. The van der Waals surface area contributed by atoms with Gasteiger partial charge in [0, 0.05) is 12.1 Å². The molecule has 2 bridgehead atoms. The minimum atomic E-state index is -3.54. The number of aromatic nitrogens is 1. The molecule has 0 spiro atoms. The Bertz CT molecular complexity index is 942. The van der Waals surface area contributed by atoms with E-state index in [1.165, 1.54) is 6.42 Å². The molecule has 24 heavy (non-hydrogen) atoms. The molecule has 1 aromatic carbocycles. The van der Waals surface area contributed by atoms with Gasteiger partial charge >= 0.3 is 4.87 Å². The summed E-state index contributed by atoms with van der Waals surface area (Å²) in [6.07, 6.45) is 4.50. The van der Waals surface area contributed by atoms with Gasteiger partial charge in [0.2, 0.25) is 10.0 Å². The number of thiazole rings is 1. The van der Waals surface area contributed by atoms with Gasteiger partial charge in [-0.25, -0.2) is 13.1 Å². The van der Waals surface area contributed by atoms with Crippen LogP contribution in [0.2, 0.25) is 0 Å². The number of hydrogen-bond donors (Lipinski definition) is 1. The topological polar surface area (TPSA) is 68.2 Å². The second kappa shape index (κ2) is 5.68. The predicted octanol–water partition coefficient (Wildman–Crippen LogP) is 3.11. The largest absolute Gasteiger partial charge is 0.308 e. The predicted molar refractivity (Wildman–Crippen MR) is 96.0 cm³/mol. The number of hydrogen-bond acceptors (Lipinski definition) is 4. The van der Waals surface area contributed by atoms with E-state index in [2.05, 4.69) is 4.72 Å². The molecule has 0 aliphatic heterocycles. The summed E-state index contributed by atoms with van der Waals surface area (Å²) in [6, 6.07) is 5.13. The summed E-state index contributed by atoms with van der Waals surface area (Å²) in [7, 11) is -3.54. The first kappa shape index (κ1) is 16.3. The molecule has 0 amide bonds. The minimum Gasteiger partial charge on any atom is -0.296 e. The van der Waals surface area contributed by atoms with Crippen LogP contribution in [0.1, 0.15) is 45.6 Å². The zero-order valence-corrected chi connectivity index (χ0v) is 15.5. The molecule has 5 nitrogen and oxygen atoms in total. The summed E-state index contributed by atoms with van der Waals surface area (Å²) in [5.41, 5.74) is 0.805. The van der Waals surface area contributed by atoms with Crippen LogP contribution in [0.4, 0.5) is 0 Å². The van der Waals surface area contributed by atoms with E-state index in [9.17, 15) is 13.2 Å². The van der Waals surface area contributed by atoms with Crippen LogP contribution < -0.4 is 9.60 Å². The van der Waals surface area contributed by atoms with E-state index in [4.69, 9.17) is 0 Å². The van der Waals surface area contributed by atoms with E-state index < -0.39 is 10.0 Å². The molecule has 7 heteroatoms. The van der Waals surface area contributed by atoms with Crippen LogP contribution >= 0.6 is 11.3 Å². The molecule has 1 aromatic heterocycles. The first-order valence-corrected chi connectivity index (χ1v) is 10.8. The average Bonchev–Trinajstić information content (AvgIpc) is 3.18. The van der Waals surface area contributed by atoms with Crippen LogP contribution in [0.5, 0.6) is 0 Å². The van der Waals surface area contributed by atoms with Crippen LogP contribution in [0.3, 0.4) is 0 Å². The van der Waals surface area contributed by atoms with Gasteiger partial charge in [0.15, 0.2) is 0 Å². The molecule has 0 radical (unpaired) electrons. The fraction of sp³-hybridized carbons (Fsp3) is 0.588. The molecule has 2 aromatic rings. The maximum Gasteiger partial charge on any atom is 0.308 e. The third-order valence-corrected chi connectivity index (χ3v) is 7.86. The fourth-order valence-corrected chi connectivity index (χ4v) is 6.80. The van der Waals surface area contributed by atoms with Gasteiger partial charge in [-0.15, -0.1) is 0 Å². The van der Waals surface area contributed by atoms with Crippen molar-refractivity contribution in [3.63, 3.8) is 0 Å². The average molecular weight is 367 g/mol. The zero-order chi connectivity index (χ0) is 17.1. The second-order valence-corrected chi connectivity index (χ2v) is 10.1.